The van der Waals surface area contributed by atoms with Crippen molar-refractivity contribution in [1.82, 2.24) is 0 Å². The zero-order valence-electron chi connectivity index (χ0n) is 13.0. The van der Waals surface area contributed by atoms with Gasteiger partial charge in [-0.15, -0.1) is 0 Å². The molecule has 0 aliphatic carbocycles. The summed E-state index contributed by atoms with van der Waals surface area (Å²) in [6, 6.07) is 12.1. The van der Waals surface area contributed by atoms with Crippen LogP contribution >= 0.6 is 0 Å². The van der Waals surface area contributed by atoms with E-state index in [-0.39, 0.29) is 0 Å². The van der Waals surface area contributed by atoms with E-state index in [0.29, 0.717) is 19.8 Å². The van der Waals surface area contributed by atoms with Gasteiger partial charge in [-0.25, -0.2) is 0 Å². The first-order chi connectivity index (χ1) is 10.1. The Hall–Kier alpha value is -2.00. The third kappa shape index (κ3) is 4.23. The zero-order chi connectivity index (χ0) is 15.2. The fourth-order valence-electron chi connectivity index (χ4n) is 2.18. The summed E-state index contributed by atoms with van der Waals surface area (Å²) in [4.78, 5) is 0. The molecule has 3 heteroatoms. The van der Waals surface area contributed by atoms with E-state index < -0.39 is 0 Å². The van der Waals surface area contributed by atoms with Crippen LogP contribution in [-0.4, -0.2) is 13.2 Å². The number of nitrogens with two attached hydrogens (primary N) is 1. The van der Waals surface area contributed by atoms with Crippen LogP contribution in [0.15, 0.2) is 36.4 Å². The number of aryl methyl sites for hydroxylation is 2. The summed E-state index contributed by atoms with van der Waals surface area (Å²) >= 11 is 0. The maximum Gasteiger partial charge on any atom is 0.122 e. The van der Waals surface area contributed by atoms with E-state index in [9.17, 15) is 0 Å². The molecule has 0 aromatic heterocycles. The number of ether oxygens (including phenoxy) is 2. The number of hydrogen-bond donors (Lipinski definition) is 1. The molecule has 2 aromatic carbocycles. The monoisotopic (exact) mass is 285 g/mol. The van der Waals surface area contributed by atoms with E-state index in [1.165, 1.54) is 16.7 Å². The van der Waals surface area contributed by atoms with Crippen LogP contribution in [0.4, 0.5) is 0 Å². The molecule has 0 amide bonds. The Morgan fingerprint density at radius 1 is 0.905 bits per heavy atom. The zero-order valence-corrected chi connectivity index (χ0v) is 13.0. The van der Waals surface area contributed by atoms with Gasteiger partial charge in [-0.2, -0.15) is 0 Å². The predicted molar refractivity (Wildman–Crippen MR) is 86.0 cm³/mol. The van der Waals surface area contributed by atoms with Crippen molar-refractivity contribution in [3.8, 4) is 11.5 Å². The summed E-state index contributed by atoms with van der Waals surface area (Å²) in [5, 5.41) is 0. The summed E-state index contributed by atoms with van der Waals surface area (Å²) in [6.45, 7) is 7.86. The highest BCUT2D eigenvalue weighted by Gasteiger charge is 2.04. The van der Waals surface area contributed by atoms with Gasteiger partial charge in [0.05, 0.1) is 0 Å². The smallest absolute Gasteiger partial charge is 0.122 e. The summed E-state index contributed by atoms with van der Waals surface area (Å²) in [7, 11) is 0. The van der Waals surface area contributed by atoms with Gasteiger partial charge in [-0.1, -0.05) is 18.2 Å². The molecule has 0 saturated carbocycles. The summed E-state index contributed by atoms with van der Waals surface area (Å²) < 4.78 is 11.5. The molecule has 0 unspecified atom stereocenters. The molecule has 112 valence electrons. The van der Waals surface area contributed by atoms with Crippen molar-refractivity contribution in [2.24, 2.45) is 5.73 Å². The fourth-order valence-corrected chi connectivity index (χ4v) is 2.18. The molecule has 21 heavy (non-hydrogen) atoms. The molecule has 0 aliphatic rings. The van der Waals surface area contributed by atoms with E-state index in [1.54, 1.807) is 0 Å². The molecule has 2 aromatic rings. The van der Waals surface area contributed by atoms with E-state index in [1.807, 2.05) is 24.3 Å². The van der Waals surface area contributed by atoms with E-state index in [4.69, 9.17) is 15.2 Å². The minimum Gasteiger partial charge on any atom is -0.490 e. The Morgan fingerprint density at radius 2 is 1.57 bits per heavy atom. The van der Waals surface area contributed by atoms with E-state index >= 15 is 0 Å². The first-order valence-corrected chi connectivity index (χ1v) is 7.22. The van der Waals surface area contributed by atoms with Gasteiger partial charge in [-0.3, -0.25) is 0 Å². The first kappa shape index (κ1) is 15.4. The van der Waals surface area contributed by atoms with Crippen LogP contribution in [0.2, 0.25) is 0 Å². The maximum absolute atomic E-state index is 5.82. The molecule has 2 N–H and O–H groups in total. The lowest BCUT2D eigenvalue weighted by molar-refractivity contribution is 0.216. The molecular weight excluding hydrogens is 262 g/mol. The molecule has 2 rings (SSSR count). The maximum atomic E-state index is 5.82. The Balaban J connectivity index is 1.84. The average molecular weight is 285 g/mol. The SMILES string of the molecule is Cc1cc(C)c(C)c(OCCOc2ccc(CN)cc2)c1. The third-order valence-electron chi connectivity index (χ3n) is 3.53. The highest BCUT2D eigenvalue weighted by Crippen LogP contribution is 2.23. The highest BCUT2D eigenvalue weighted by atomic mass is 16.5. The van der Waals surface area contributed by atoms with Gasteiger partial charge in [0, 0.05) is 6.54 Å². The quantitative estimate of drug-likeness (QED) is 0.826. The van der Waals surface area contributed by atoms with Gasteiger partial charge in [0.15, 0.2) is 0 Å². The van der Waals surface area contributed by atoms with Gasteiger partial charge in [-0.05, 0) is 61.2 Å². The van der Waals surface area contributed by atoms with Crippen LogP contribution in [0.25, 0.3) is 0 Å². The number of hydrogen-bond acceptors (Lipinski definition) is 3. The van der Waals surface area contributed by atoms with Crippen molar-refractivity contribution in [3.63, 3.8) is 0 Å². The molecule has 0 radical (unpaired) electrons. The summed E-state index contributed by atoms with van der Waals surface area (Å²) in [5.41, 5.74) is 10.3. The van der Waals surface area contributed by atoms with Crippen LogP contribution in [-0.2, 0) is 6.54 Å². The van der Waals surface area contributed by atoms with Crippen LogP contribution in [0.3, 0.4) is 0 Å². The molecule has 0 atom stereocenters. The second kappa shape index (κ2) is 7.14. The first-order valence-electron chi connectivity index (χ1n) is 7.22. The van der Waals surface area contributed by atoms with Gasteiger partial charge in [0.2, 0.25) is 0 Å². The normalized spacial score (nSPS) is 10.5. The summed E-state index contributed by atoms with van der Waals surface area (Å²) in [5.74, 6) is 1.78. The van der Waals surface area contributed by atoms with E-state index in [0.717, 1.165) is 17.1 Å². The van der Waals surface area contributed by atoms with Gasteiger partial charge < -0.3 is 15.2 Å². The Labute approximate surface area is 126 Å². The molecule has 0 spiro atoms. The van der Waals surface area contributed by atoms with Crippen molar-refractivity contribution in [2.45, 2.75) is 27.3 Å². The molecule has 0 saturated heterocycles. The molecule has 0 heterocycles. The molecule has 0 fully saturated rings. The van der Waals surface area contributed by atoms with Gasteiger partial charge in [0.1, 0.15) is 24.7 Å². The average Bonchev–Trinajstić information content (AvgIpc) is 2.49. The van der Waals surface area contributed by atoms with Crippen LogP contribution in [0, 0.1) is 20.8 Å². The van der Waals surface area contributed by atoms with Crippen molar-refractivity contribution in [1.29, 1.82) is 0 Å². The lowest BCUT2D eigenvalue weighted by Crippen LogP contribution is -2.10. The number of rotatable bonds is 6. The second-order valence-corrected chi connectivity index (χ2v) is 5.25. The van der Waals surface area contributed by atoms with Crippen LogP contribution < -0.4 is 15.2 Å². The minimum atomic E-state index is 0.522. The van der Waals surface area contributed by atoms with Crippen LogP contribution in [0.1, 0.15) is 22.3 Å². The predicted octanol–water partition coefficient (Wildman–Crippen LogP) is 3.53. The molecule has 0 bridgehead atoms. The molecule has 0 aliphatic heterocycles. The largest absolute Gasteiger partial charge is 0.490 e. The Kier molecular flexibility index (Phi) is 5.23. The fraction of sp³-hybridized carbons (Fsp3) is 0.333. The highest BCUT2D eigenvalue weighted by molar-refractivity contribution is 5.41. The minimum absolute atomic E-state index is 0.522. The van der Waals surface area contributed by atoms with Crippen molar-refractivity contribution < 1.29 is 9.47 Å². The van der Waals surface area contributed by atoms with Gasteiger partial charge >= 0.3 is 0 Å². The molecular formula is C18H23NO2. The lowest BCUT2D eigenvalue weighted by atomic mass is 10.1. The van der Waals surface area contributed by atoms with Crippen molar-refractivity contribution in [2.75, 3.05) is 13.2 Å². The summed E-state index contributed by atoms with van der Waals surface area (Å²) in [6.07, 6.45) is 0. The van der Waals surface area contributed by atoms with Gasteiger partial charge in [0.25, 0.3) is 0 Å². The Bertz CT molecular complexity index is 591. The third-order valence-corrected chi connectivity index (χ3v) is 3.53. The topological polar surface area (TPSA) is 44.5 Å². The van der Waals surface area contributed by atoms with Crippen molar-refractivity contribution in [3.05, 3.63) is 58.7 Å². The Morgan fingerprint density at radius 3 is 2.24 bits per heavy atom. The van der Waals surface area contributed by atoms with E-state index in [2.05, 4.69) is 32.9 Å². The second-order valence-electron chi connectivity index (χ2n) is 5.25. The lowest BCUT2D eigenvalue weighted by Gasteiger charge is -2.13. The number of benzene rings is 2. The van der Waals surface area contributed by atoms with Crippen molar-refractivity contribution >= 4 is 0 Å². The molecule has 3 nitrogen and oxygen atoms in total. The van der Waals surface area contributed by atoms with Crippen LogP contribution in [0.5, 0.6) is 11.5 Å². The standard InChI is InChI=1S/C18H23NO2/c1-13-10-14(2)15(3)18(11-13)21-9-8-20-17-6-4-16(12-19)5-7-17/h4-7,10-11H,8-9,12,19H2,1-3H3.